The van der Waals surface area contributed by atoms with Crippen molar-refractivity contribution in [2.45, 2.75) is 0 Å². The second-order valence-corrected chi connectivity index (χ2v) is 3.69. The van der Waals surface area contributed by atoms with E-state index in [-0.39, 0.29) is 0 Å². The van der Waals surface area contributed by atoms with Gasteiger partial charge >= 0.3 is 0 Å². The van der Waals surface area contributed by atoms with Crippen molar-refractivity contribution in [3.05, 3.63) is 27.3 Å². The Labute approximate surface area is 86.5 Å². The van der Waals surface area contributed by atoms with Crippen molar-refractivity contribution in [3.63, 3.8) is 0 Å². The SMILES string of the molecule is Clc1cn2c(Br)cnc2c(Cl)n1. The summed E-state index contributed by atoms with van der Waals surface area (Å²) in [5, 5.41) is 0.638. The molecule has 0 aliphatic rings. The fourth-order valence-corrected chi connectivity index (χ4v) is 1.72. The molecule has 6 heteroatoms. The van der Waals surface area contributed by atoms with Gasteiger partial charge in [-0.2, -0.15) is 0 Å². The van der Waals surface area contributed by atoms with Crippen LogP contribution in [0.1, 0.15) is 0 Å². The van der Waals surface area contributed by atoms with Gasteiger partial charge in [-0.05, 0) is 15.9 Å². The molecule has 3 nitrogen and oxygen atoms in total. The standard InChI is InChI=1S/C6H2BrCl2N3/c7-3-1-10-6-5(9)11-4(8)2-12(3)6/h1-2H. The highest BCUT2D eigenvalue weighted by molar-refractivity contribution is 9.10. The highest BCUT2D eigenvalue weighted by Gasteiger charge is 2.06. The lowest BCUT2D eigenvalue weighted by Gasteiger charge is -1.96. The van der Waals surface area contributed by atoms with Gasteiger partial charge in [0.05, 0.1) is 6.20 Å². The summed E-state index contributed by atoms with van der Waals surface area (Å²) < 4.78 is 2.52. The highest BCUT2D eigenvalue weighted by atomic mass is 79.9. The van der Waals surface area contributed by atoms with Crippen LogP contribution in [0.5, 0.6) is 0 Å². The number of fused-ring (bicyclic) bond motifs is 1. The molecule has 0 spiro atoms. The number of hydrogen-bond acceptors (Lipinski definition) is 2. The van der Waals surface area contributed by atoms with Gasteiger partial charge < -0.3 is 0 Å². The monoisotopic (exact) mass is 265 g/mol. The molecule has 0 saturated heterocycles. The molecule has 0 aromatic carbocycles. The molecule has 2 aromatic heterocycles. The Morgan fingerprint density at radius 3 is 2.92 bits per heavy atom. The third kappa shape index (κ3) is 1.20. The maximum Gasteiger partial charge on any atom is 0.175 e. The van der Waals surface area contributed by atoms with Crippen LogP contribution in [-0.4, -0.2) is 14.4 Å². The van der Waals surface area contributed by atoms with Gasteiger partial charge in [0, 0.05) is 6.20 Å². The maximum atomic E-state index is 5.78. The van der Waals surface area contributed by atoms with Gasteiger partial charge in [0.2, 0.25) is 0 Å². The van der Waals surface area contributed by atoms with Crippen molar-refractivity contribution < 1.29 is 0 Å². The molecular formula is C6H2BrCl2N3. The molecule has 0 fully saturated rings. The van der Waals surface area contributed by atoms with Crippen LogP contribution in [0.15, 0.2) is 17.0 Å². The fraction of sp³-hybridized carbons (Fsp3) is 0. The summed E-state index contributed by atoms with van der Waals surface area (Å²) in [5.41, 5.74) is 0.591. The highest BCUT2D eigenvalue weighted by Crippen LogP contribution is 2.20. The van der Waals surface area contributed by atoms with Crippen molar-refractivity contribution in [1.82, 2.24) is 14.4 Å². The van der Waals surface area contributed by atoms with Crippen molar-refractivity contribution >= 4 is 44.8 Å². The minimum absolute atomic E-state index is 0.299. The largest absolute Gasteiger partial charge is 0.288 e. The Balaban J connectivity index is 2.92. The smallest absolute Gasteiger partial charge is 0.175 e. The van der Waals surface area contributed by atoms with E-state index in [1.54, 1.807) is 16.8 Å². The molecule has 0 N–H and O–H groups in total. The van der Waals surface area contributed by atoms with E-state index in [4.69, 9.17) is 23.2 Å². The Morgan fingerprint density at radius 1 is 1.42 bits per heavy atom. The Kier molecular flexibility index (Phi) is 1.98. The number of nitrogens with zero attached hydrogens (tertiary/aromatic N) is 3. The van der Waals surface area contributed by atoms with Crippen LogP contribution in [0.3, 0.4) is 0 Å². The van der Waals surface area contributed by atoms with E-state index in [9.17, 15) is 0 Å². The maximum absolute atomic E-state index is 5.78. The van der Waals surface area contributed by atoms with E-state index < -0.39 is 0 Å². The first-order chi connectivity index (χ1) is 5.68. The van der Waals surface area contributed by atoms with Gasteiger partial charge in [0.1, 0.15) is 9.76 Å². The summed E-state index contributed by atoms with van der Waals surface area (Å²) in [6.07, 6.45) is 3.28. The van der Waals surface area contributed by atoms with E-state index in [0.717, 1.165) is 4.60 Å². The molecule has 0 aliphatic carbocycles. The first-order valence-electron chi connectivity index (χ1n) is 3.03. The lowest BCUT2D eigenvalue weighted by Crippen LogP contribution is -1.89. The summed E-state index contributed by atoms with van der Waals surface area (Å²) in [6, 6.07) is 0. The van der Waals surface area contributed by atoms with Gasteiger partial charge in [-0.1, -0.05) is 23.2 Å². The molecule has 2 heterocycles. The third-order valence-electron chi connectivity index (χ3n) is 1.38. The second kappa shape index (κ2) is 2.87. The third-order valence-corrected chi connectivity index (χ3v) is 2.40. The van der Waals surface area contributed by atoms with Crippen LogP contribution in [0, 0.1) is 0 Å². The Bertz CT molecular complexity index is 440. The zero-order valence-corrected chi connectivity index (χ0v) is 8.73. The molecule has 2 rings (SSSR count). The molecule has 0 atom stereocenters. The van der Waals surface area contributed by atoms with Crippen LogP contribution in [0.2, 0.25) is 10.3 Å². The van der Waals surface area contributed by atoms with Crippen LogP contribution >= 0.6 is 39.1 Å². The molecule has 12 heavy (non-hydrogen) atoms. The molecule has 0 bridgehead atoms. The molecule has 0 unspecified atom stereocenters. The van der Waals surface area contributed by atoms with E-state index in [2.05, 4.69) is 25.9 Å². The van der Waals surface area contributed by atoms with Gasteiger partial charge in [-0.15, -0.1) is 0 Å². The van der Waals surface area contributed by atoms with Crippen molar-refractivity contribution in [3.8, 4) is 0 Å². The van der Waals surface area contributed by atoms with Crippen LogP contribution in [0.25, 0.3) is 5.65 Å². The molecule has 0 saturated carbocycles. The van der Waals surface area contributed by atoms with Crippen molar-refractivity contribution in [2.75, 3.05) is 0 Å². The molecule has 2 aromatic rings. The molecule has 0 amide bonds. The van der Waals surface area contributed by atoms with Gasteiger partial charge in [0.25, 0.3) is 0 Å². The van der Waals surface area contributed by atoms with Crippen LogP contribution in [-0.2, 0) is 0 Å². The summed E-state index contributed by atoms with van der Waals surface area (Å²) in [7, 11) is 0. The number of hydrogen-bond donors (Lipinski definition) is 0. The predicted molar refractivity (Wildman–Crippen MR) is 50.7 cm³/mol. The fourth-order valence-electron chi connectivity index (χ4n) is 0.895. The number of rotatable bonds is 0. The topological polar surface area (TPSA) is 30.2 Å². The quantitative estimate of drug-likeness (QED) is 0.734. The average Bonchev–Trinajstić information content (AvgIpc) is 2.33. The average molecular weight is 267 g/mol. The summed E-state index contributed by atoms with van der Waals surface area (Å²) in [6.45, 7) is 0. The molecular weight excluding hydrogens is 265 g/mol. The van der Waals surface area contributed by atoms with Crippen molar-refractivity contribution in [1.29, 1.82) is 0 Å². The van der Waals surface area contributed by atoms with Crippen molar-refractivity contribution in [2.24, 2.45) is 0 Å². The van der Waals surface area contributed by atoms with E-state index in [1.165, 1.54) is 0 Å². The van der Waals surface area contributed by atoms with Gasteiger partial charge in [-0.25, -0.2) is 9.97 Å². The molecule has 0 aliphatic heterocycles. The summed E-state index contributed by atoms with van der Waals surface area (Å²) in [5.74, 6) is 0. The van der Waals surface area contributed by atoms with E-state index >= 15 is 0 Å². The minimum Gasteiger partial charge on any atom is -0.288 e. The van der Waals surface area contributed by atoms with Gasteiger partial charge in [0.15, 0.2) is 10.8 Å². The van der Waals surface area contributed by atoms with Gasteiger partial charge in [-0.3, -0.25) is 4.40 Å². The lowest BCUT2D eigenvalue weighted by molar-refractivity contribution is 1.10. The second-order valence-electron chi connectivity index (χ2n) is 2.13. The minimum atomic E-state index is 0.299. The Hall–Kier alpha value is -0.320. The Morgan fingerprint density at radius 2 is 2.17 bits per heavy atom. The zero-order valence-electron chi connectivity index (χ0n) is 5.63. The van der Waals surface area contributed by atoms with E-state index in [0.29, 0.717) is 16.0 Å². The normalized spacial score (nSPS) is 10.9. The number of aromatic nitrogens is 3. The number of halogens is 3. The van der Waals surface area contributed by atoms with Crippen LogP contribution in [0.4, 0.5) is 0 Å². The van der Waals surface area contributed by atoms with Crippen LogP contribution < -0.4 is 0 Å². The summed E-state index contributed by atoms with van der Waals surface area (Å²) >= 11 is 14.8. The molecule has 0 radical (unpaired) electrons. The first kappa shape index (κ1) is 8.29. The number of imidazole rings is 1. The predicted octanol–water partition coefficient (Wildman–Crippen LogP) is 2.80. The lowest BCUT2D eigenvalue weighted by atomic mass is 10.7. The zero-order chi connectivity index (χ0) is 8.72. The van der Waals surface area contributed by atoms with E-state index in [1.807, 2.05) is 0 Å². The molecule has 62 valence electrons. The summed E-state index contributed by atoms with van der Waals surface area (Å²) in [4.78, 5) is 7.86. The first-order valence-corrected chi connectivity index (χ1v) is 4.58.